The Morgan fingerprint density at radius 1 is 1.10 bits per heavy atom. The molecule has 0 aliphatic carbocycles. The van der Waals surface area contributed by atoms with E-state index >= 15 is 0 Å². The molecule has 1 rings (SSSR count). The molecular weight excluding hydrogens is 266 g/mol. The van der Waals surface area contributed by atoms with Crippen LogP contribution in [0.3, 0.4) is 0 Å². The molecule has 1 saturated heterocycles. The van der Waals surface area contributed by atoms with Gasteiger partial charge in [-0.05, 0) is 40.5 Å². The number of nitrogens with zero attached hydrogens (tertiary/aromatic N) is 1. The number of carbonyl (C=O) groups excluding carboxylic acids is 2. The van der Waals surface area contributed by atoms with Crippen molar-refractivity contribution in [1.82, 2.24) is 15.5 Å². The molecule has 0 radical (unpaired) electrons. The van der Waals surface area contributed by atoms with E-state index in [0.717, 1.165) is 25.9 Å². The Kier molecular flexibility index (Phi) is 7.15. The average molecular weight is 297 g/mol. The number of likely N-dealkylation sites (tertiary alicyclic amines) is 1. The van der Waals surface area contributed by atoms with Crippen molar-refractivity contribution in [3.8, 4) is 0 Å². The van der Waals surface area contributed by atoms with Crippen molar-refractivity contribution in [3.63, 3.8) is 0 Å². The summed E-state index contributed by atoms with van der Waals surface area (Å²) < 4.78 is 0. The van der Waals surface area contributed by atoms with Crippen molar-refractivity contribution in [1.29, 1.82) is 0 Å². The van der Waals surface area contributed by atoms with Crippen LogP contribution in [0.4, 0.5) is 0 Å². The zero-order chi connectivity index (χ0) is 15.9. The van der Waals surface area contributed by atoms with Gasteiger partial charge in [0.15, 0.2) is 0 Å². The second kappa shape index (κ2) is 8.37. The molecular formula is C16H31N3O2. The zero-order valence-corrected chi connectivity index (χ0v) is 14.0. The van der Waals surface area contributed by atoms with Crippen LogP contribution >= 0.6 is 0 Å². The summed E-state index contributed by atoms with van der Waals surface area (Å²) in [7, 11) is 0. The molecule has 0 aromatic carbocycles. The highest BCUT2D eigenvalue weighted by Gasteiger charge is 2.19. The molecule has 0 spiro atoms. The van der Waals surface area contributed by atoms with Gasteiger partial charge in [-0.3, -0.25) is 9.59 Å². The second-order valence-electron chi connectivity index (χ2n) is 7.08. The predicted molar refractivity (Wildman–Crippen MR) is 85.0 cm³/mol. The van der Waals surface area contributed by atoms with Crippen LogP contribution in [0.25, 0.3) is 0 Å². The van der Waals surface area contributed by atoms with Gasteiger partial charge in [0.05, 0.1) is 6.54 Å². The summed E-state index contributed by atoms with van der Waals surface area (Å²) in [5.74, 6) is 0.171. The fourth-order valence-corrected chi connectivity index (χ4v) is 2.51. The third kappa shape index (κ3) is 8.05. The molecule has 0 aromatic heterocycles. The van der Waals surface area contributed by atoms with Crippen LogP contribution in [0.1, 0.15) is 59.8 Å². The van der Waals surface area contributed by atoms with Crippen LogP contribution < -0.4 is 10.6 Å². The van der Waals surface area contributed by atoms with E-state index in [4.69, 9.17) is 0 Å². The van der Waals surface area contributed by atoms with E-state index in [1.807, 2.05) is 32.6 Å². The molecule has 1 aliphatic heterocycles. The number of carbonyl (C=O) groups is 2. The summed E-state index contributed by atoms with van der Waals surface area (Å²) in [6, 6.07) is 0.0199. The molecule has 21 heavy (non-hydrogen) atoms. The lowest BCUT2D eigenvalue weighted by molar-refractivity contribution is -0.132. The van der Waals surface area contributed by atoms with Gasteiger partial charge < -0.3 is 15.5 Å². The standard InChI is InChI=1S/C16H31N3O2/c1-13(17-12-14(20)18-16(2,3)4)11-15(21)19-9-7-5-6-8-10-19/h13,17H,5-12H2,1-4H3,(H,18,20)/t13-/m1/s1. The smallest absolute Gasteiger partial charge is 0.234 e. The van der Waals surface area contributed by atoms with E-state index in [1.54, 1.807) is 0 Å². The van der Waals surface area contributed by atoms with Gasteiger partial charge in [0.2, 0.25) is 11.8 Å². The quantitative estimate of drug-likeness (QED) is 0.811. The Balaban J connectivity index is 2.27. The molecule has 0 aromatic rings. The van der Waals surface area contributed by atoms with E-state index in [1.165, 1.54) is 12.8 Å². The van der Waals surface area contributed by atoms with E-state index in [-0.39, 0.29) is 29.9 Å². The number of hydrogen-bond acceptors (Lipinski definition) is 3. The number of hydrogen-bond donors (Lipinski definition) is 2. The van der Waals surface area contributed by atoms with Gasteiger partial charge in [-0.25, -0.2) is 0 Å². The van der Waals surface area contributed by atoms with Crippen molar-refractivity contribution < 1.29 is 9.59 Å². The van der Waals surface area contributed by atoms with E-state index in [0.29, 0.717) is 6.42 Å². The van der Waals surface area contributed by atoms with Crippen molar-refractivity contribution >= 4 is 11.8 Å². The minimum atomic E-state index is -0.218. The monoisotopic (exact) mass is 297 g/mol. The maximum Gasteiger partial charge on any atom is 0.234 e. The first kappa shape index (κ1) is 18.0. The number of amides is 2. The highest BCUT2D eigenvalue weighted by atomic mass is 16.2. The Labute approximate surface area is 128 Å². The molecule has 2 N–H and O–H groups in total. The van der Waals surface area contributed by atoms with Crippen LogP contribution in [0.2, 0.25) is 0 Å². The average Bonchev–Trinajstić information content (AvgIpc) is 2.63. The minimum Gasteiger partial charge on any atom is -0.350 e. The first-order valence-electron chi connectivity index (χ1n) is 8.10. The zero-order valence-electron chi connectivity index (χ0n) is 14.0. The van der Waals surface area contributed by atoms with Crippen molar-refractivity contribution in [2.75, 3.05) is 19.6 Å². The maximum absolute atomic E-state index is 12.2. The minimum absolute atomic E-state index is 0.0199. The van der Waals surface area contributed by atoms with Gasteiger partial charge in [-0.1, -0.05) is 12.8 Å². The van der Waals surface area contributed by atoms with E-state index < -0.39 is 0 Å². The van der Waals surface area contributed by atoms with Gasteiger partial charge in [0.1, 0.15) is 0 Å². The van der Waals surface area contributed by atoms with Gasteiger partial charge in [-0.15, -0.1) is 0 Å². The summed E-state index contributed by atoms with van der Waals surface area (Å²) in [6.07, 6.45) is 5.14. The van der Waals surface area contributed by atoms with Gasteiger partial charge >= 0.3 is 0 Å². The molecule has 5 heteroatoms. The normalized spacial score (nSPS) is 18.0. The van der Waals surface area contributed by atoms with Crippen LogP contribution in [-0.4, -0.2) is 47.9 Å². The molecule has 122 valence electrons. The van der Waals surface area contributed by atoms with Crippen LogP contribution in [0.5, 0.6) is 0 Å². The summed E-state index contributed by atoms with van der Waals surface area (Å²) in [5.41, 5.74) is -0.218. The lowest BCUT2D eigenvalue weighted by Gasteiger charge is -2.24. The molecule has 0 unspecified atom stereocenters. The van der Waals surface area contributed by atoms with Gasteiger partial charge in [0.25, 0.3) is 0 Å². The van der Waals surface area contributed by atoms with E-state index in [2.05, 4.69) is 10.6 Å². The van der Waals surface area contributed by atoms with Crippen molar-refractivity contribution in [2.24, 2.45) is 0 Å². The number of rotatable bonds is 5. The lowest BCUT2D eigenvalue weighted by atomic mass is 10.1. The van der Waals surface area contributed by atoms with Crippen LogP contribution in [-0.2, 0) is 9.59 Å². The van der Waals surface area contributed by atoms with Gasteiger partial charge in [0, 0.05) is 31.1 Å². The van der Waals surface area contributed by atoms with Crippen LogP contribution in [0.15, 0.2) is 0 Å². The number of nitrogens with one attached hydrogen (secondary N) is 2. The third-order valence-corrected chi connectivity index (χ3v) is 3.57. The largest absolute Gasteiger partial charge is 0.350 e. The Morgan fingerprint density at radius 3 is 2.19 bits per heavy atom. The summed E-state index contributed by atoms with van der Waals surface area (Å²) in [5, 5.41) is 6.03. The first-order valence-corrected chi connectivity index (χ1v) is 8.10. The molecule has 0 saturated carbocycles. The molecule has 1 heterocycles. The fourth-order valence-electron chi connectivity index (χ4n) is 2.51. The molecule has 1 fully saturated rings. The summed E-state index contributed by atoms with van der Waals surface area (Å²) in [6.45, 7) is 9.85. The molecule has 5 nitrogen and oxygen atoms in total. The Hall–Kier alpha value is -1.10. The lowest BCUT2D eigenvalue weighted by Crippen LogP contribution is -2.47. The first-order chi connectivity index (χ1) is 9.78. The fraction of sp³-hybridized carbons (Fsp3) is 0.875. The van der Waals surface area contributed by atoms with E-state index in [9.17, 15) is 9.59 Å². The third-order valence-electron chi connectivity index (χ3n) is 3.57. The maximum atomic E-state index is 12.2. The summed E-state index contributed by atoms with van der Waals surface area (Å²) >= 11 is 0. The highest BCUT2D eigenvalue weighted by molar-refractivity contribution is 5.79. The van der Waals surface area contributed by atoms with Crippen molar-refractivity contribution in [3.05, 3.63) is 0 Å². The van der Waals surface area contributed by atoms with Crippen LogP contribution in [0, 0.1) is 0 Å². The second-order valence-corrected chi connectivity index (χ2v) is 7.08. The Bertz CT molecular complexity index is 342. The predicted octanol–water partition coefficient (Wildman–Crippen LogP) is 1.67. The highest BCUT2D eigenvalue weighted by Crippen LogP contribution is 2.11. The molecule has 1 atom stereocenters. The molecule has 2 amide bonds. The molecule has 1 aliphatic rings. The molecule has 0 bridgehead atoms. The van der Waals surface area contributed by atoms with Gasteiger partial charge in [-0.2, -0.15) is 0 Å². The summed E-state index contributed by atoms with van der Waals surface area (Å²) in [4.78, 5) is 25.9. The topological polar surface area (TPSA) is 61.4 Å². The van der Waals surface area contributed by atoms with Crippen molar-refractivity contribution in [2.45, 2.75) is 71.4 Å². The Morgan fingerprint density at radius 2 is 1.67 bits per heavy atom. The SMILES string of the molecule is C[C@H](CC(=O)N1CCCCCC1)NCC(=O)NC(C)(C)C.